The SMILES string of the molecule is CC(C)c1ccnc(C(C)C)c1-n1c(=O)nc(N2CCN(C(=O)OC(C)(C)C)C[C@@H]2C)c2cc(F)c(Cl)nc21. The van der Waals surface area contributed by atoms with Crippen molar-refractivity contribution in [3.05, 3.63) is 51.0 Å². The lowest BCUT2D eigenvalue weighted by molar-refractivity contribution is 0.0218. The van der Waals surface area contributed by atoms with Gasteiger partial charge in [-0.1, -0.05) is 39.3 Å². The molecular weight excluding hydrogens is 523 g/mol. The van der Waals surface area contributed by atoms with E-state index in [0.29, 0.717) is 42.2 Å². The highest BCUT2D eigenvalue weighted by Crippen LogP contribution is 2.34. The number of ether oxygens (including phenoxy) is 1. The number of amides is 1. The first kappa shape index (κ1) is 28.7. The molecule has 0 bridgehead atoms. The number of pyridine rings is 2. The summed E-state index contributed by atoms with van der Waals surface area (Å²) in [6.07, 6.45) is 1.33. The third-order valence-electron chi connectivity index (χ3n) is 6.69. The van der Waals surface area contributed by atoms with E-state index in [4.69, 9.17) is 16.3 Å². The molecule has 1 aliphatic heterocycles. The molecule has 0 N–H and O–H groups in total. The van der Waals surface area contributed by atoms with E-state index < -0.39 is 23.2 Å². The van der Waals surface area contributed by atoms with Crippen LogP contribution in [0.3, 0.4) is 0 Å². The molecule has 210 valence electrons. The number of fused-ring (bicyclic) bond motifs is 1. The van der Waals surface area contributed by atoms with Gasteiger partial charge < -0.3 is 14.5 Å². The maximum atomic E-state index is 14.9. The maximum Gasteiger partial charge on any atom is 0.410 e. The van der Waals surface area contributed by atoms with E-state index in [1.54, 1.807) is 11.1 Å². The molecule has 0 aromatic carbocycles. The fraction of sp³-hybridized carbons (Fsp3) is 0.536. The third kappa shape index (κ3) is 5.71. The Kier molecular flexibility index (Phi) is 7.89. The van der Waals surface area contributed by atoms with Crippen LogP contribution in [0.4, 0.5) is 15.0 Å². The van der Waals surface area contributed by atoms with Crippen LogP contribution in [-0.2, 0) is 4.74 Å². The zero-order chi connectivity index (χ0) is 28.8. The van der Waals surface area contributed by atoms with Gasteiger partial charge in [-0.25, -0.2) is 23.5 Å². The van der Waals surface area contributed by atoms with Crippen molar-refractivity contribution >= 4 is 34.5 Å². The summed E-state index contributed by atoms with van der Waals surface area (Å²) < 4.78 is 21.8. The Morgan fingerprint density at radius 1 is 1.15 bits per heavy atom. The van der Waals surface area contributed by atoms with Gasteiger partial charge in [0.2, 0.25) is 0 Å². The van der Waals surface area contributed by atoms with Gasteiger partial charge in [-0.3, -0.25) is 4.98 Å². The number of hydrogen-bond donors (Lipinski definition) is 0. The highest BCUT2D eigenvalue weighted by atomic mass is 35.5. The summed E-state index contributed by atoms with van der Waals surface area (Å²) in [7, 11) is 0. The van der Waals surface area contributed by atoms with Gasteiger partial charge in [0.25, 0.3) is 0 Å². The minimum atomic E-state index is -0.711. The minimum absolute atomic E-state index is 0.00259. The Bertz CT molecular complexity index is 1440. The fourth-order valence-corrected chi connectivity index (χ4v) is 5.02. The van der Waals surface area contributed by atoms with Crippen LogP contribution in [0.25, 0.3) is 16.7 Å². The zero-order valence-corrected chi connectivity index (χ0v) is 24.5. The van der Waals surface area contributed by atoms with Crippen molar-refractivity contribution in [3.8, 4) is 5.69 Å². The highest BCUT2D eigenvalue weighted by Gasteiger charge is 2.33. The number of piperazine rings is 1. The average Bonchev–Trinajstić information content (AvgIpc) is 2.83. The first-order valence-corrected chi connectivity index (χ1v) is 13.6. The third-order valence-corrected chi connectivity index (χ3v) is 6.95. The van der Waals surface area contributed by atoms with Crippen LogP contribution in [0.2, 0.25) is 5.15 Å². The normalized spacial score (nSPS) is 16.5. The number of carbonyl (C=O) groups is 1. The molecule has 4 rings (SSSR count). The molecule has 11 heteroatoms. The number of rotatable bonds is 4. The number of hydrogen-bond acceptors (Lipinski definition) is 7. The summed E-state index contributed by atoms with van der Waals surface area (Å²) in [5, 5.41) is 0.0130. The van der Waals surface area contributed by atoms with E-state index in [2.05, 4.69) is 15.0 Å². The molecule has 3 aromatic rings. The molecule has 4 heterocycles. The molecule has 39 heavy (non-hydrogen) atoms. The van der Waals surface area contributed by atoms with Gasteiger partial charge in [-0.15, -0.1) is 0 Å². The smallest absolute Gasteiger partial charge is 0.410 e. The van der Waals surface area contributed by atoms with Crippen molar-refractivity contribution in [1.29, 1.82) is 0 Å². The van der Waals surface area contributed by atoms with Crippen LogP contribution in [0, 0.1) is 5.82 Å². The summed E-state index contributed by atoms with van der Waals surface area (Å²) in [5.74, 6) is -0.347. The van der Waals surface area contributed by atoms with Gasteiger partial charge in [0.1, 0.15) is 11.4 Å². The second kappa shape index (κ2) is 10.7. The van der Waals surface area contributed by atoms with E-state index in [9.17, 15) is 14.0 Å². The summed E-state index contributed by atoms with van der Waals surface area (Å²) >= 11 is 6.17. The van der Waals surface area contributed by atoms with Crippen LogP contribution < -0.4 is 10.6 Å². The van der Waals surface area contributed by atoms with Crippen LogP contribution in [0.15, 0.2) is 23.1 Å². The molecule has 0 spiro atoms. The van der Waals surface area contributed by atoms with E-state index in [0.717, 1.165) is 5.56 Å². The lowest BCUT2D eigenvalue weighted by Gasteiger charge is -2.41. The van der Waals surface area contributed by atoms with Gasteiger partial charge in [0.15, 0.2) is 16.6 Å². The number of anilines is 1. The first-order valence-electron chi connectivity index (χ1n) is 13.2. The van der Waals surface area contributed by atoms with Gasteiger partial charge in [0.05, 0.1) is 16.8 Å². The van der Waals surface area contributed by atoms with Crippen molar-refractivity contribution in [2.45, 2.75) is 78.9 Å². The highest BCUT2D eigenvalue weighted by molar-refractivity contribution is 6.30. The summed E-state index contributed by atoms with van der Waals surface area (Å²) in [4.78, 5) is 43.4. The lowest BCUT2D eigenvalue weighted by atomic mass is 9.97. The van der Waals surface area contributed by atoms with Crippen molar-refractivity contribution in [1.82, 2.24) is 24.4 Å². The topological polar surface area (TPSA) is 93.5 Å². The molecule has 1 amide bonds. The Balaban J connectivity index is 1.89. The summed E-state index contributed by atoms with van der Waals surface area (Å²) in [5.41, 5.74) is 1.22. The molecule has 1 fully saturated rings. The van der Waals surface area contributed by atoms with Crippen LogP contribution in [-0.4, -0.2) is 61.8 Å². The van der Waals surface area contributed by atoms with Crippen LogP contribution in [0.5, 0.6) is 0 Å². The second-order valence-corrected chi connectivity index (χ2v) is 12.0. The van der Waals surface area contributed by atoms with Crippen molar-refractivity contribution in [2.24, 2.45) is 0 Å². The van der Waals surface area contributed by atoms with Gasteiger partial charge in [0, 0.05) is 31.9 Å². The monoisotopic (exact) mass is 558 g/mol. The predicted molar refractivity (Wildman–Crippen MR) is 151 cm³/mol. The quantitative estimate of drug-likeness (QED) is 0.381. The molecule has 0 saturated carbocycles. The molecular formula is C28H36ClFN6O3. The molecule has 0 unspecified atom stereocenters. The Labute approximate surface area is 233 Å². The molecule has 9 nitrogen and oxygen atoms in total. The number of aromatic nitrogens is 4. The predicted octanol–water partition coefficient (Wildman–Crippen LogP) is 5.66. The Hall–Kier alpha value is -3.27. The Morgan fingerprint density at radius 2 is 1.85 bits per heavy atom. The molecule has 3 aromatic heterocycles. The van der Waals surface area contributed by atoms with E-state index >= 15 is 0 Å². The molecule has 0 radical (unpaired) electrons. The summed E-state index contributed by atoms with van der Waals surface area (Å²) in [6, 6.07) is 2.92. The largest absolute Gasteiger partial charge is 0.444 e. The molecule has 1 aliphatic rings. The average molecular weight is 559 g/mol. The fourth-order valence-electron chi connectivity index (χ4n) is 4.89. The van der Waals surface area contributed by atoms with Crippen LogP contribution >= 0.6 is 11.6 Å². The number of carbonyl (C=O) groups excluding carboxylic acids is 1. The number of nitrogens with zero attached hydrogens (tertiary/aromatic N) is 6. The minimum Gasteiger partial charge on any atom is -0.444 e. The maximum absolute atomic E-state index is 14.9. The standard InChI is InChI=1S/C28H36ClFN6O3/c1-15(2)18-9-10-31-21(16(3)4)22(18)36-25-19(13-20(30)23(29)32-25)24(33-26(36)37)35-12-11-34(14-17(35)5)27(38)39-28(6,7)8/h9-10,13,15-17H,11-12,14H2,1-8H3/t17-/m0/s1. The zero-order valence-electron chi connectivity index (χ0n) is 23.7. The number of halogens is 2. The van der Waals surface area contributed by atoms with Gasteiger partial charge in [-0.2, -0.15) is 4.98 Å². The molecule has 1 atom stereocenters. The van der Waals surface area contributed by atoms with Crippen molar-refractivity contribution < 1.29 is 13.9 Å². The van der Waals surface area contributed by atoms with Crippen molar-refractivity contribution in [3.63, 3.8) is 0 Å². The Morgan fingerprint density at radius 3 is 2.44 bits per heavy atom. The second-order valence-electron chi connectivity index (χ2n) is 11.6. The van der Waals surface area contributed by atoms with E-state index in [1.165, 1.54) is 10.6 Å². The van der Waals surface area contributed by atoms with E-state index in [1.807, 2.05) is 66.4 Å². The molecule has 1 saturated heterocycles. The van der Waals surface area contributed by atoms with Gasteiger partial charge in [-0.05, 0) is 57.2 Å². The summed E-state index contributed by atoms with van der Waals surface area (Å²) in [6.45, 7) is 16.5. The van der Waals surface area contributed by atoms with Gasteiger partial charge >= 0.3 is 11.8 Å². The lowest BCUT2D eigenvalue weighted by Crippen LogP contribution is -2.55. The van der Waals surface area contributed by atoms with Crippen molar-refractivity contribution in [2.75, 3.05) is 24.5 Å². The molecule has 0 aliphatic carbocycles. The van der Waals surface area contributed by atoms with Crippen LogP contribution in [0.1, 0.15) is 78.5 Å². The van der Waals surface area contributed by atoms with E-state index in [-0.39, 0.29) is 28.7 Å². The first-order chi connectivity index (χ1) is 18.2.